The first kappa shape index (κ1) is 21.8. The maximum Gasteiger partial charge on any atom is 0.335 e. The van der Waals surface area contributed by atoms with Gasteiger partial charge in [0.1, 0.15) is 11.6 Å². The third kappa shape index (κ3) is 5.39. The maximum absolute atomic E-state index is 11.3. The molecule has 0 radical (unpaired) electrons. The van der Waals surface area contributed by atoms with E-state index in [1.807, 2.05) is 12.1 Å². The Labute approximate surface area is 181 Å². The van der Waals surface area contributed by atoms with Crippen molar-refractivity contribution in [3.8, 4) is 0 Å². The molecule has 7 N–H and O–H groups in total. The lowest BCUT2D eigenvalue weighted by Crippen LogP contribution is -2.19. The molecule has 1 atom stereocenters. The summed E-state index contributed by atoms with van der Waals surface area (Å²) < 4.78 is 0. The van der Waals surface area contributed by atoms with E-state index < -0.39 is 23.4 Å². The molecule has 0 aliphatic carbocycles. The van der Waals surface area contributed by atoms with Gasteiger partial charge in [-0.15, -0.1) is 11.8 Å². The standard InChI is InChI=1S/C20H20N6O4S/c21-17-16(18(22)25-20(23)24-17)15(9-26(29)30)12-5-7-14(8-6-12)31-10-11-1-3-13(4-2-11)19(27)28/h1-8,15H,9-10H2,(H,27,28)(H6,21,22,23,24,25). The molecule has 31 heavy (non-hydrogen) atoms. The molecule has 160 valence electrons. The van der Waals surface area contributed by atoms with E-state index in [2.05, 4.69) is 9.97 Å². The zero-order valence-electron chi connectivity index (χ0n) is 16.3. The maximum atomic E-state index is 11.3. The summed E-state index contributed by atoms with van der Waals surface area (Å²) in [5.74, 6) is -1.12. The number of nitrogens with zero attached hydrogens (tertiary/aromatic N) is 3. The number of benzene rings is 2. The van der Waals surface area contributed by atoms with Crippen LogP contribution in [0.2, 0.25) is 0 Å². The molecule has 10 nitrogen and oxygen atoms in total. The summed E-state index contributed by atoms with van der Waals surface area (Å²) in [6.07, 6.45) is 0. The van der Waals surface area contributed by atoms with Gasteiger partial charge in [0.25, 0.3) is 0 Å². The number of rotatable bonds is 8. The molecule has 2 aromatic carbocycles. The highest BCUT2D eigenvalue weighted by atomic mass is 32.2. The Morgan fingerprint density at radius 3 is 2.13 bits per heavy atom. The second kappa shape index (κ2) is 9.30. The highest BCUT2D eigenvalue weighted by Gasteiger charge is 2.26. The van der Waals surface area contributed by atoms with E-state index in [4.69, 9.17) is 22.3 Å². The minimum absolute atomic E-state index is 0.0140. The van der Waals surface area contributed by atoms with Crippen molar-refractivity contribution in [3.05, 3.63) is 80.9 Å². The molecule has 0 saturated carbocycles. The first-order valence-corrected chi connectivity index (χ1v) is 10.1. The fraction of sp³-hybridized carbons (Fsp3) is 0.150. The molecule has 1 heterocycles. The first-order valence-electron chi connectivity index (χ1n) is 9.09. The highest BCUT2D eigenvalue weighted by molar-refractivity contribution is 7.98. The predicted octanol–water partition coefficient (Wildman–Crippen LogP) is 2.62. The summed E-state index contributed by atoms with van der Waals surface area (Å²) in [4.78, 5) is 30.5. The quantitative estimate of drug-likeness (QED) is 0.230. The normalized spacial score (nSPS) is 11.7. The van der Waals surface area contributed by atoms with E-state index in [1.165, 1.54) is 0 Å². The number of thioether (sulfide) groups is 1. The molecular formula is C20H20N6O4S. The van der Waals surface area contributed by atoms with Gasteiger partial charge >= 0.3 is 5.97 Å². The Morgan fingerprint density at radius 1 is 1.03 bits per heavy atom. The van der Waals surface area contributed by atoms with Crippen LogP contribution in [0.3, 0.4) is 0 Å². The molecule has 0 aliphatic heterocycles. The monoisotopic (exact) mass is 440 g/mol. The van der Waals surface area contributed by atoms with Gasteiger partial charge in [0, 0.05) is 15.6 Å². The molecule has 0 bridgehead atoms. The summed E-state index contributed by atoms with van der Waals surface area (Å²) in [6, 6.07) is 13.9. The Bertz CT molecular complexity index is 1080. The van der Waals surface area contributed by atoms with Crippen LogP contribution in [0.15, 0.2) is 53.4 Å². The van der Waals surface area contributed by atoms with Gasteiger partial charge in [-0.2, -0.15) is 9.97 Å². The smallest absolute Gasteiger partial charge is 0.335 e. The number of nitrogens with two attached hydrogens (primary N) is 3. The van der Waals surface area contributed by atoms with Crippen LogP contribution in [0.4, 0.5) is 17.6 Å². The van der Waals surface area contributed by atoms with E-state index in [9.17, 15) is 14.9 Å². The van der Waals surface area contributed by atoms with Crippen molar-refractivity contribution in [2.45, 2.75) is 16.6 Å². The fourth-order valence-corrected chi connectivity index (χ4v) is 3.95. The van der Waals surface area contributed by atoms with Gasteiger partial charge in [0.15, 0.2) is 0 Å². The number of aromatic carboxylic acids is 1. The summed E-state index contributed by atoms with van der Waals surface area (Å²) in [5, 5.41) is 20.2. The van der Waals surface area contributed by atoms with E-state index in [1.54, 1.807) is 48.2 Å². The fourth-order valence-electron chi connectivity index (χ4n) is 3.10. The molecule has 0 spiro atoms. The van der Waals surface area contributed by atoms with Crippen LogP contribution in [0.25, 0.3) is 0 Å². The molecule has 11 heteroatoms. The number of nitro groups is 1. The van der Waals surface area contributed by atoms with Crippen LogP contribution in [0.5, 0.6) is 0 Å². The summed E-state index contributed by atoms with van der Waals surface area (Å²) >= 11 is 1.55. The van der Waals surface area contributed by atoms with Crippen molar-refractivity contribution in [2.75, 3.05) is 23.7 Å². The van der Waals surface area contributed by atoms with Crippen LogP contribution in [-0.4, -0.2) is 32.5 Å². The summed E-state index contributed by atoms with van der Waals surface area (Å²) in [7, 11) is 0. The van der Waals surface area contributed by atoms with Gasteiger partial charge in [-0.1, -0.05) is 24.3 Å². The lowest BCUT2D eigenvalue weighted by Gasteiger charge is -2.17. The van der Waals surface area contributed by atoms with Gasteiger partial charge in [-0.25, -0.2) is 4.79 Å². The number of carboxylic acids is 1. The zero-order valence-corrected chi connectivity index (χ0v) is 17.1. The Kier molecular flexibility index (Phi) is 6.55. The van der Waals surface area contributed by atoms with Crippen molar-refractivity contribution >= 4 is 35.3 Å². The van der Waals surface area contributed by atoms with Gasteiger partial charge in [0.05, 0.1) is 17.0 Å². The topological polar surface area (TPSA) is 184 Å². The molecule has 1 unspecified atom stereocenters. The Morgan fingerprint density at radius 2 is 1.61 bits per heavy atom. The number of anilines is 3. The lowest BCUT2D eigenvalue weighted by molar-refractivity contribution is -0.481. The number of aromatic nitrogens is 2. The minimum Gasteiger partial charge on any atom is -0.478 e. The van der Waals surface area contributed by atoms with Gasteiger partial charge in [-0.05, 0) is 35.4 Å². The number of hydrogen-bond acceptors (Lipinski definition) is 9. The SMILES string of the molecule is Nc1nc(N)c(C(C[N+](=O)[O-])c2ccc(SCc3ccc(C(=O)O)cc3)cc2)c(N)n1. The van der Waals surface area contributed by atoms with E-state index in [0.29, 0.717) is 11.3 Å². The van der Waals surface area contributed by atoms with Crippen LogP contribution >= 0.6 is 11.8 Å². The molecule has 0 amide bonds. The Hall–Kier alpha value is -3.86. The average Bonchev–Trinajstić information content (AvgIpc) is 2.71. The van der Waals surface area contributed by atoms with Crippen molar-refractivity contribution < 1.29 is 14.8 Å². The largest absolute Gasteiger partial charge is 0.478 e. The predicted molar refractivity (Wildman–Crippen MR) is 118 cm³/mol. The van der Waals surface area contributed by atoms with Crippen LogP contribution in [0, 0.1) is 10.1 Å². The van der Waals surface area contributed by atoms with Crippen LogP contribution < -0.4 is 17.2 Å². The van der Waals surface area contributed by atoms with Crippen LogP contribution in [-0.2, 0) is 5.75 Å². The molecule has 0 fully saturated rings. The number of hydrogen-bond donors (Lipinski definition) is 4. The zero-order chi connectivity index (χ0) is 22.5. The van der Waals surface area contributed by atoms with E-state index in [0.717, 1.165) is 10.5 Å². The summed E-state index contributed by atoms with van der Waals surface area (Å²) in [5.41, 5.74) is 19.6. The lowest BCUT2D eigenvalue weighted by atomic mass is 9.91. The minimum atomic E-state index is -0.966. The molecular weight excluding hydrogens is 420 g/mol. The second-order valence-corrected chi connectivity index (χ2v) is 7.74. The van der Waals surface area contributed by atoms with Crippen molar-refractivity contribution in [1.82, 2.24) is 9.97 Å². The average molecular weight is 440 g/mol. The van der Waals surface area contributed by atoms with Crippen LogP contribution in [0.1, 0.15) is 33.0 Å². The number of nitrogen functional groups attached to an aromatic ring is 3. The first-order chi connectivity index (χ1) is 14.7. The van der Waals surface area contributed by atoms with Crippen molar-refractivity contribution in [2.24, 2.45) is 0 Å². The van der Waals surface area contributed by atoms with Gasteiger partial charge in [0.2, 0.25) is 12.5 Å². The second-order valence-electron chi connectivity index (χ2n) is 6.69. The molecule has 3 rings (SSSR count). The number of carboxylic acid groups (broad SMARTS) is 1. The molecule has 0 saturated heterocycles. The van der Waals surface area contributed by atoms with Crippen molar-refractivity contribution in [3.63, 3.8) is 0 Å². The van der Waals surface area contributed by atoms with Gasteiger partial charge in [-0.3, -0.25) is 10.1 Å². The molecule has 1 aromatic heterocycles. The van der Waals surface area contributed by atoms with E-state index in [-0.39, 0.29) is 28.7 Å². The molecule has 3 aromatic rings. The third-order valence-electron chi connectivity index (χ3n) is 4.59. The summed E-state index contributed by atoms with van der Waals surface area (Å²) in [6.45, 7) is -0.426. The Balaban J connectivity index is 1.78. The number of carbonyl (C=O) groups is 1. The highest BCUT2D eigenvalue weighted by Crippen LogP contribution is 2.34. The van der Waals surface area contributed by atoms with Crippen molar-refractivity contribution in [1.29, 1.82) is 0 Å². The van der Waals surface area contributed by atoms with Gasteiger partial charge < -0.3 is 22.3 Å². The molecule has 0 aliphatic rings. The van der Waals surface area contributed by atoms with E-state index >= 15 is 0 Å². The third-order valence-corrected chi connectivity index (χ3v) is 5.67.